The number of carbonyl (C=O) groups is 1. The molecule has 0 saturated heterocycles. The topological polar surface area (TPSA) is 117 Å². The number of sulfonamides is 1. The summed E-state index contributed by atoms with van der Waals surface area (Å²) in [6.45, 7) is 2.17. The van der Waals surface area contributed by atoms with E-state index in [1.165, 1.54) is 31.2 Å². The van der Waals surface area contributed by atoms with Gasteiger partial charge >= 0.3 is 0 Å². The fourth-order valence-electron chi connectivity index (χ4n) is 3.15. The molecule has 2 heterocycles. The average molecular weight is 474 g/mol. The van der Waals surface area contributed by atoms with Crippen LogP contribution in [0.5, 0.6) is 0 Å². The molecule has 3 aromatic rings. The molecule has 1 aromatic heterocycles. The Morgan fingerprint density at radius 2 is 1.75 bits per heavy atom. The van der Waals surface area contributed by atoms with Gasteiger partial charge in [0, 0.05) is 41.9 Å². The number of aromatic nitrogens is 2. The van der Waals surface area contributed by atoms with Gasteiger partial charge < -0.3 is 9.73 Å². The Bertz CT molecular complexity index is 1250. The van der Waals surface area contributed by atoms with Crippen LogP contribution in [0.1, 0.15) is 19.2 Å². The van der Waals surface area contributed by atoms with E-state index in [2.05, 4.69) is 20.3 Å². The summed E-state index contributed by atoms with van der Waals surface area (Å²) < 4.78 is 31.1. The maximum atomic E-state index is 12.7. The van der Waals surface area contributed by atoms with E-state index in [9.17, 15) is 13.2 Å². The molecule has 11 heteroatoms. The summed E-state index contributed by atoms with van der Waals surface area (Å²) in [4.78, 5) is 13.8. The fraction of sp³-hybridized carbons (Fsp3) is 0.190. The van der Waals surface area contributed by atoms with E-state index in [0.29, 0.717) is 42.0 Å². The lowest BCUT2D eigenvalue weighted by Gasteiger charge is -2.25. The summed E-state index contributed by atoms with van der Waals surface area (Å²) in [6.07, 6.45) is 2.39. The lowest BCUT2D eigenvalue weighted by molar-refractivity contribution is -0.114. The first kappa shape index (κ1) is 22.2. The minimum Gasteiger partial charge on any atom is -0.416 e. The summed E-state index contributed by atoms with van der Waals surface area (Å²) in [7, 11) is -3.75. The molecule has 0 saturated carbocycles. The molecule has 1 aliphatic rings. The molecule has 2 aromatic carbocycles. The quantitative estimate of drug-likeness (QED) is 0.563. The van der Waals surface area contributed by atoms with Crippen molar-refractivity contribution in [1.29, 1.82) is 0 Å². The molecule has 0 bridgehead atoms. The van der Waals surface area contributed by atoms with Gasteiger partial charge in [0.05, 0.1) is 4.90 Å². The van der Waals surface area contributed by atoms with Crippen LogP contribution < -0.4 is 10.1 Å². The SMILES string of the molecule is CC(=O)Nc1ccc(S(=O)(=O)NN2CC=C(c3nnc(-c4ccc(Cl)cc4)o3)CC2)cc1. The number of hydrazine groups is 1. The van der Waals surface area contributed by atoms with E-state index in [-0.39, 0.29) is 10.8 Å². The summed E-state index contributed by atoms with van der Waals surface area (Å²) in [5.41, 5.74) is 2.15. The van der Waals surface area contributed by atoms with Crippen molar-refractivity contribution in [2.24, 2.45) is 0 Å². The minimum absolute atomic E-state index is 0.103. The number of rotatable bonds is 6. The summed E-state index contributed by atoms with van der Waals surface area (Å²) in [6, 6.07) is 13.1. The number of benzene rings is 2. The van der Waals surface area contributed by atoms with Gasteiger partial charge in [0.1, 0.15) is 0 Å². The molecule has 32 heavy (non-hydrogen) atoms. The van der Waals surface area contributed by atoms with E-state index >= 15 is 0 Å². The normalized spacial score (nSPS) is 14.8. The molecule has 0 atom stereocenters. The molecule has 9 nitrogen and oxygen atoms in total. The zero-order chi connectivity index (χ0) is 22.7. The van der Waals surface area contributed by atoms with Crippen LogP contribution in [0.3, 0.4) is 0 Å². The number of carbonyl (C=O) groups excluding carboxylic acids is 1. The Hall–Kier alpha value is -3.05. The molecular weight excluding hydrogens is 454 g/mol. The highest BCUT2D eigenvalue weighted by atomic mass is 35.5. The van der Waals surface area contributed by atoms with Crippen LogP contribution in [-0.4, -0.2) is 42.6 Å². The van der Waals surface area contributed by atoms with Crippen LogP contribution >= 0.6 is 11.6 Å². The Labute approximate surface area is 190 Å². The number of nitrogens with one attached hydrogen (secondary N) is 2. The van der Waals surface area contributed by atoms with Crippen LogP contribution in [-0.2, 0) is 14.8 Å². The van der Waals surface area contributed by atoms with E-state index in [1.807, 2.05) is 6.08 Å². The van der Waals surface area contributed by atoms with Gasteiger partial charge in [-0.15, -0.1) is 15.0 Å². The van der Waals surface area contributed by atoms with E-state index in [0.717, 1.165) is 11.1 Å². The van der Waals surface area contributed by atoms with Crippen LogP contribution in [0.25, 0.3) is 17.0 Å². The van der Waals surface area contributed by atoms with Gasteiger partial charge in [-0.05, 0) is 55.0 Å². The summed E-state index contributed by atoms with van der Waals surface area (Å²) >= 11 is 5.91. The largest absolute Gasteiger partial charge is 0.416 e. The highest BCUT2D eigenvalue weighted by Crippen LogP contribution is 2.26. The van der Waals surface area contributed by atoms with E-state index in [4.69, 9.17) is 16.0 Å². The van der Waals surface area contributed by atoms with Crippen molar-refractivity contribution in [2.45, 2.75) is 18.2 Å². The Kier molecular flexibility index (Phi) is 6.38. The Balaban J connectivity index is 1.40. The lowest BCUT2D eigenvalue weighted by Crippen LogP contribution is -2.44. The van der Waals surface area contributed by atoms with Crippen LogP contribution in [0.2, 0.25) is 5.02 Å². The second-order valence-electron chi connectivity index (χ2n) is 7.14. The van der Waals surface area contributed by atoms with Gasteiger partial charge in [-0.2, -0.15) is 0 Å². The van der Waals surface area contributed by atoms with Crippen molar-refractivity contribution < 1.29 is 17.6 Å². The van der Waals surface area contributed by atoms with Crippen molar-refractivity contribution >= 4 is 38.8 Å². The summed E-state index contributed by atoms with van der Waals surface area (Å²) in [5, 5.41) is 13.0. The number of hydrogen-bond acceptors (Lipinski definition) is 7. The maximum Gasteiger partial charge on any atom is 0.253 e. The molecule has 0 fully saturated rings. The van der Waals surface area contributed by atoms with Crippen molar-refractivity contribution in [3.63, 3.8) is 0 Å². The highest BCUT2D eigenvalue weighted by Gasteiger charge is 2.22. The van der Waals surface area contributed by atoms with Gasteiger partial charge in [0.2, 0.25) is 17.7 Å². The molecule has 4 rings (SSSR count). The van der Waals surface area contributed by atoms with Gasteiger partial charge in [-0.3, -0.25) is 4.79 Å². The number of amides is 1. The molecular formula is C21H20ClN5O4S. The predicted molar refractivity (Wildman–Crippen MR) is 120 cm³/mol. The lowest BCUT2D eigenvalue weighted by atomic mass is 10.1. The number of anilines is 1. The van der Waals surface area contributed by atoms with Crippen molar-refractivity contribution in [3.05, 3.63) is 65.5 Å². The second kappa shape index (κ2) is 9.21. The minimum atomic E-state index is -3.75. The first-order chi connectivity index (χ1) is 15.3. The third-order valence-corrected chi connectivity index (χ3v) is 6.38. The molecule has 0 unspecified atom stereocenters. The van der Waals surface area contributed by atoms with Crippen LogP contribution in [0, 0.1) is 0 Å². The molecule has 1 amide bonds. The smallest absolute Gasteiger partial charge is 0.253 e. The summed E-state index contributed by atoms with van der Waals surface area (Å²) in [5.74, 6) is 0.575. The zero-order valence-corrected chi connectivity index (χ0v) is 18.7. The average Bonchev–Trinajstić information content (AvgIpc) is 3.25. The molecule has 2 N–H and O–H groups in total. The molecule has 166 valence electrons. The Morgan fingerprint density at radius 3 is 2.38 bits per heavy atom. The standard InChI is InChI=1S/C21H20ClN5O4S/c1-14(28)23-18-6-8-19(9-7-18)32(29,30)26-27-12-10-16(11-13-27)21-25-24-20(31-21)15-2-4-17(22)5-3-15/h2-10,26H,11-13H2,1H3,(H,23,28). The molecule has 0 spiro atoms. The zero-order valence-electron chi connectivity index (χ0n) is 17.1. The second-order valence-corrected chi connectivity index (χ2v) is 9.24. The third-order valence-electron chi connectivity index (χ3n) is 4.73. The first-order valence-electron chi connectivity index (χ1n) is 9.74. The van der Waals surface area contributed by atoms with Crippen molar-refractivity contribution in [1.82, 2.24) is 20.0 Å². The first-order valence-corrected chi connectivity index (χ1v) is 11.6. The van der Waals surface area contributed by atoms with Gasteiger partial charge in [-0.1, -0.05) is 17.7 Å². The molecule has 0 radical (unpaired) electrons. The van der Waals surface area contributed by atoms with Crippen LogP contribution in [0.4, 0.5) is 5.69 Å². The number of hydrogen-bond donors (Lipinski definition) is 2. The predicted octanol–water partition coefficient (Wildman–Crippen LogP) is 3.33. The van der Waals surface area contributed by atoms with Gasteiger partial charge in [0.15, 0.2) is 0 Å². The van der Waals surface area contributed by atoms with Gasteiger partial charge in [0.25, 0.3) is 10.0 Å². The van der Waals surface area contributed by atoms with Crippen LogP contribution in [0.15, 0.2) is 63.9 Å². The van der Waals surface area contributed by atoms with Crippen molar-refractivity contribution in [3.8, 4) is 11.5 Å². The van der Waals surface area contributed by atoms with Gasteiger partial charge in [-0.25, -0.2) is 13.4 Å². The third kappa shape index (κ3) is 5.22. The number of halogens is 1. The molecule has 0 aliphatic carbocycles. The Morgan fingerprint density at radius 1 is 1.06 bits per heavy atom. The van der Waals surface area contributed by atoms with Crippen molar-refractivity contribution in [2.75, 3.05) is 18.4 Å². The monoisotopic (exact) mass is 473 g/mol. The van der Waals surface area contributed by atoms with E-state index < -0.39 is 10.0 Å². The number of nitrogens with zero attached hydrogens (tertiary/aromatic N) is 3. The van der Waals surface area contributed by atoms with E-state index in [1.54, 1.807) is 29.3 Å². The maximum absolute atomic E-state index is 12.7. The highest BCUT2D eigenvalue weighted by molar-refractivity contribution is 7.89. The fourth-order valence-corrected chi connectivity index (χ4v) is 4.38. The molecule has 1 aliphatic heterocycles.